The maximum absolute atomic E-state index is 13.0. The number of ether oxygens (including phenoxy) is 1. The minimum Gasteiger partial charge on any atom is -0.494 e. The van der Waals surface area contributed by atoms with Crippen molar-refractivity contribution in [2.75, 3.05) is 25.1 Å². The number of methoxy groups -OCH3 is 1. The number of aromatic hydroxyl groups is 1. The third-order valence-corrected chi connectivity index (χ3v) is 6.34. The molecule has 0 unspecified atom stereocenters. The number of hydrogen-bond acceptors (Lipinski definition) is 7. The minimum atomic E-state index is -0.523. The molecule has 9 heteroatoms. The van der Waals surface area contributed by atoms with Crippen LogP contribution in [0.4, 0.5) is 5.69 Å². The molecule has 1 aliphatic heterocycles. The Hall–Kier alpha value is -3.49. The number of nitrogens with zero attached hydrogens (tertiary/aromatic N) is 2. The van der Waals surface area contributed by atoms with E-state index in [9.17, 15) is 15.0 Å². The molecule has 0 radical (unpaired) electrons. The average Bonchev–Trinajstić information content (AvgIpc) is 3.42. The highest BCUT2D eigenvalue weighted by atomic mass is 35.5. The van der Waals surface area contributed by atoms with Crippen molar-refractivity contribution >= 4 is 34.0 Å². The fraction of sp³-hybridized carbons (Fsp3) is 0.250. The number of fused-ring (bicyclic) bond motifs is 1. The molecule has 2 aromatic heterocycles. The van der Waals surface area contributed by atoms with Gasteiger partial charge in [-0.3, -0.25) is 4.79 Å². The van der Waals surface area contributed by atoms with E-state index < -0.39 is 5.78 Å². The number of hydrogen-bond donors (Lipinski definition) is 3. The maximum Gasteiger partial charge on any atom is 0.254 e. The average molecular weight is 468 g/mol. The summed E-state index contributed by atoms with van der Waals surface area (Å²) in [5.41, 5.74) is 3.29. The van der Waals surface area contributed by atoms with Crippen LogP contribution in [-0.2, 0) is 0 Å². The second-order valence-electron chi connectivity index (χ2n) is 8.05. The van der Waals surface area contributed by atoms with Crippen molar-refractivity contribution in [2.24, 2.45) is 0 Å². The van der Waals surface area contributed by atoms with Crippen LogP contribution in [0.2, 0.25) is 5.02 Å². The zero-order chi connectivity index (χ0) is 23.1. The molecule has 170 valence electrons. The molecular weight excluding hydrogens is 446 g/mol. The topological polar surface area (TPSA) is 112 Å². The van der Waals surface area contributed by atoms with E-state index in [0.29, 0.717) is 15.9 Å². The summed E-state index contributed by atoms with van der Waals surface area (Å²) in [6.45, 7) is 1.63. The maximum atomic E-state index is 13.0. The number of piperidine rings is 1. The summed E-state index contributed by atoms with van der Waals surface area (Å²) in [5, 5.41) is 24.8. The van der Waals surface area contributed by atoms with Crippen LogP contribution in [-0.4, -0.2) is 52.4 Å². The van der Waals surface area contributed by atoms with E-state index in [4.69, 9.17) is 20.9 Å². The number of aliphatic hydroxyl groups is 1. The van der Waals surface area contributed by atoms with Crippen LogP contribution in [0.5, 0.6) is 11.8 Å². The van der Waals surface area contributed by atoms with Crippen molar-refractivity contribution in [1.82, 2.24) is 10.1 Å². The number of carbonyl (C=O) groups excluding carboxylic acids is 1. The summed E-state index contributed by atoms with van der Waals surface area (Å²) >= 11 is 6.55. The van der Waals surface area contributed by atoms with E-state index in [-0.39, 0.29) is 29.2 Å². The summed E-state index contributed by atoms with van der Waals surface area (Å²) in [5.74, 6) is -0.674. The number of halogens is 1. The van der Waals surface area contributed by atoms with Gasteiger partial charge in [-0.05, 0) is 47.8 Å². The van der Waals surface area contributed by atoms with E-state index in [1.165, 1.54) is 13.2 Å². The van der Waals surface area contributed by atoms with Gasteiger partial charge in [-0.15, -0.1) is 0 Å². The SMILES string of the molecule is COc1cc(C(=O)c2c(O)[nH]c3cc(Cl)c(-c4ccc(N5CCC(O)CC5)cc4)cc23)on1. The summed E-state index contributed by atoms with van der Waals surface area (Å²) in [6.07, 6.45) is 1.29. The van der Waals surface area contributed by atoms with Crippen molar-refractivity contribution < 1.29 is 24.3 Å². The summed E-state index contributed by atoms with van der Waals surface area (Å²) in [7, 11) is 1.42. The number of aliphatic hydroxyl groups excluding tert-OH is 1. The van der Waals surface area contributed by atoms with Crippen LogP contribution in [0.15, 0.2) is 47.0 Å². The monoisotopic (exact) mass is 467 g/mol. The van der Waals surface area contributed by atoms with Crippen molar-refractivity contribution in [3.05, 3.63) is 58.8 Å². The predicted molar refractivity (Wildman–Crippen MR) is 124 cm³/mol. The molecule has 0 bridgehead atoms. The molecule has 0 aliphatic carbocycles. The van der Waals surface area contributed by atoms with Gasteiger partial charge in [0, 0.05) is 29.7 Å². The van der Waals surface area contributed by atoms with Gasteiger partial charge < -0.3 is 29.4 Å². The van der Waals surface area contributed by atoms with Gasteiger partial charge in [-0.2, -0.15) is 0 Å². The highest BCUT2D eigenvalue weighted by Gasteiger charge is 2.25. The predicted octanol–water partition coefficient (Wildman–Crippen LogP) is 4.38. The highest BCUT2D eigenvalue weighted by Crippen LogP contribution is 2.38. The number of aromatic amines is 1. The Bertz CT molecular complexity index is 1320. The largest absolute Gasteiger partial charge is 0.494 e. The first-order chi connectivity index (χ1) is 15.9. The molecule has 0 spiro atoms. The molecule has 3 N–H and O–H groups in total. The second kappa shape index (κ2) is 8.46. The Morgan fingerprint density at radius 3 is 2.61 bits per heavy atom. The molecule has 5 rings (SSSR count). The van der Waals surface area contributed by atoms with Gasteiger partial charge in [0.05, 0.1) is 35.4 Å². The number of nitrogens with one attached hydrogen (secondary N) is 1. The van der Waals surface area contributed by atoms with E-state index in [1.807, 2.05) is 24.3 Å². The highest BCUT2D eigenvalue weighted by molar-refractivity contribution is 6.34. The van der Waals surface area contributed by atoms with Gasteiger partial charge >= 0.3 is 0 Å². The van der Waals surface area contributed by atoms with Crippen LogP contribution in [0.25, 0.3) is 22.0 Å². The van der Waals surface area contributed by atoms with E-state index in [2.05, 4.69) is 15.0 Å². The third-order valence-electron chi connectivity index (χ3n) is 6.02. The van der Waals surface area contributed by atoms with Crippen LogP contribution in [0.1, 0.15) is 29.0 Å². The Morgan fingerprint density at radius 2 is 1.94 bits per heavy atom. The molecule has 0 saturated carbocycles. The van der Waals surface area contributed by atoms with Gasteiger partial charge in [0.1, 0.15) is 0 Å². The first-order valence-electron chi connectivity index (χ1n) is 10.6. The normalized spacial score (nSPS) is 14.7. The van der Waals surface area contributed by atoms with Crippen molar-refractivity contribution in [1.29, 1.82) is 0 Å². The quantitative estimate of drug-likeness (QED) is 0.373. The number of rotatable bonds is 5. The van der Waals surface area contributed by atoms with Crippen LogP contribution >= 0.6 is 11.6 Å². The standard InChI is InChI=1S/C24H22ClN3O5/c1-32-21-12-20(33-27-21)23(30)22-17-10-16(18(25)11-19(17)26-24(22)31)13-2-4-14(5-3-13)28-8-6-15(29)7-9-28/h2-5,10-12,15,26,29,31H,6-9H2,1H3. The second-order valence-corrected chi connectivity index (χ2v) is 8.46. The zero-order valence-corrected chi connectivity index (χ0v) is 18.6. The summed E-state index contributed by atoms with van der Waals surface area (Å²) in [6, 6.07) is 12.8. The van der Waals surface area contributed by atoms with Crippen molar-refractivity contribution in [2.45, 2.75) is 18.9 Å². The number of carbonyl (C=O) groups is 1. The molecule has 1 saturated heterocycles. The number of anilines is 1. The zero-order valence-electron chi connectivity index (χ0n) is 17.8. The number of aromatic nitrogens is 2. The first-order valence-corrected chi connectivity index (χ1v) is 11.0. The van der Waals surface area contributed by atoms with E-state index >= 15 is 0 Å². The smallest absolute Gasteiger partial charge is 0.254 e. The van der Waals surface area contributed by atoms with Crippen LogP contribution < -0.4 is 9.64 Å². The fourth-order valence-electron chi connectivity index (χ4n) is 4.21. The molecule has 4 aromatic rings. The fourth-order valence-corrected chi connectivity index (χ4v) is 4.49. The Kier molecular flexibility index (Phi) is 5.47. The molecule has 0 atom stereocenters. The summed E-state index contributed by atoms with van der Waals surface area (Å²) in [4.78, 5) is 18.1. The Labute approximate surface area is 194 Å². The molecule has 1 fully saturated rings. The molecule has 3 heterocycles. The molecule has 1 aliphatic rings. The van der Waals surface area contributed by atoms with E-state index in [1.54, 1.807) is 12.1 Å². The Morgan fingerprint density at radius 1 is 1.21 bits per heavy atom. The van der Waals surface area contributed by atoms with E-state index in [0.717, 1.165) is 42.7 Å². The first kappa shape index (κ1) is 21.4. The van der Waals surface area contributed by atoms with Gasteiger partial charge in [0.2, 0.25) is 17.4 Å². The third kappa shape index (κ3) is 3.92. The molecule has 33 heavy (non-hydrogen) atoms. The van der Waals surface area contributed by atoms with Gasteiger partial charge in [-0.1, -0.05) is 23.7 Å². The Balaban J connectivity index is 1.51. The van der Waals surface area contributed by atoms with Crippen molar-refractivity contribution in [3.63, 3.8) is 0 Å². The lowest BCUT2D eigenvalue weighted by Gasteiger charge is -2.31. The minimum absolute atomic E-state index is 0.0458. The molecule has 8 nitrogen and oxygen atoms in total. The lowest BCUT2D eigenvalue weighted by molar-refractivity contribution is 0.0999. The van der Waals surface area contributed by atoms with Crippen LogP contribution in [0, 0.1) is 0 Å². The summed E-state index contributed by atoms with van der Waals surface area (Å²) < 4.78 is 10.0. The molecule has 2 aromatic carbocycles. The lowest BCUT2D eigenvalue weighted by Crippen LogP contribution is -2.35. The van der Waals surface area contributed by atoms with Crippen LogP contribution in [0.3, 0.4) is 0 Å². The molecule has 0 amide bonds. The molecular formula is C24H22ClN3O5. The number of benzene rings is 2. The lowest BCUT2D eigenvalue weighted by atomic mass is 9.99. The van der Waals surface area contributed by atoms with Gasteiger partial charge in [0.15, 0.2) is 0 Å². The van der Waals surface area contributed by atoms with Gasteiger partial charge in [-0.25, -0.2) is 0 Å². The number of ketones is 1. The van der Waals surface area contributed by atoms with Gasteiger partial charge in [0.25, 0.3) is 5.88 Å². The number of H-pyrrole nitrogens is 1. The van der Waals surface area contributed by atoms with Crippen molar-refractivity contribution in [3.8, 4) is 22.9 Å².